The molecule has 0 bridgehead atoms. The molecule has 452 valence electrons. The largest absolute Gasteiger partial charge is 0.454 e. The number of benzene rings is 12. The zero-order valence-electron chi connectivity index (χ0n) is 51.9. The van der Waals surface area contributed by atoms with E-state index in [1.54, 1.807) is 0 Å². The molecule has 0 fully saturated rings. The van der Waals surface area contributed by atoms with E-state index in [-0.39, 0.29) is 0 Å². The van der Waals surface area contributed by atoms with E-state index in [9.17, 15) is 0 Å². The number of hydrogen-bond acceptors (Lipinski definition) is 8. The molecule has 1 atom stereocenters. The molecule has 1 aliphatic heterocycles. The van der Waals surface area contributed by atoms with Gasteiger partial charge in [0.25, 0.3) is 0 Å². The highest BCUT2D eigenvalue weighted by Crippen LogP contribution is 2.48. The molecule has 0 aliphatic carbocycles. The standard InChI is InChI=1S/C85H50N10OS/c1-85(90-63-30-14-10-27-58(63)74(91-85)49-22-6-3-7-23-49)52-38-40-53(41-39-52)92-66-32-16-11-24-54(66)55-44-45-69-75(76(55)92)88-82-57-26-9-8-25-56(57)80-77(94(69)82)61-43-37-51(47-70(61)96-80)50-36-42-59-65(46-50)87-84(89-73(59)48-20-4-2-5-21-48)95-67-33-17-12-28-60(67)72-79(95)83-86-64-31-15-18-34-68(64)93(83)78-62-29-13-19-35-71(62)97-81(72)78/h2-47,91H,1H3. The zero-order chi connectivity index (χ0) is 63.4. The maximum absolute atomic E-state index is 7.22. The van der Waals surface area contributed by atoms with E-state index in [1.165, 1.54) is 14.8 Å². The fraction of sp³-hybridized carbons (Fsp3) is 0.0235. The Morgan fingerprint density at radius 2 is 1.06 bits per heavy atom. The van der Waals surface area contributed by atoms with Gasteiger partial charge >= 0.3 is 0 Å². The molecule has 0 saturated heterocycles. The van der Waals surface area contributed by atoms with Crippen LogP contribution in [-0.4, -0.2) is 37.9 Å². The first kappa shape index (κ1) is 52.7. The lowest BCUT2D eigenvalue weighted by atomic mass is 9.97. The molecule has 1 N–H and O–H groups in total. The topological polar surface area (TPSA) is 108 Å². The van der Waals surface area contributed by atoms with Gasteiger partial charge in [0.1, 0.15) is 27.8 Å². The van der Waals surface area contributed by atoms with Gasteiger partial charge < -0.3 is 14.3 Å². The predicted molar refractivity (Wildman–Crippen MR) is 396 cm³/mol. The SMILES string of the molecule is CC1(c2ccc(-n3c4ccccc4c4ccc5c(nc6c7ccccc7c7oc8cc(-c9ccc%10c(-c%11ccccc%11)nc(-n%11c%12ccccc%12c%12c%13sc%14ccccc%14c%13n%13c%14ccccc%14nc%13c%12%11)nc%10c9)ccc8c7n56)c43)cc2)N=c2ccccc2=C(c2ccccc2)N1. The third kappa shape index (κ3) is 7.30. The Bertz CT molecular complexity index is 7180. The number of imidazole rings is 2. The van der Waals surface area contributed by atoms with E-state index in [0.29, 0.717) is 5.95 Å². The summed E-state index contributed by atoms with van der Waals surface area (Å²) < 4.78 is 19.0. The minimum Gasteiger partial charge on any atom is -0.454 e. The van der Waals surface area contributed by atoms with Gasteiger partial charge in [-0.3, -0.25) is 18.4 Å². The molecule has 22 rings (SSSR count). The Hall–Kier alpha value is -12.8. The molecule has 1 aliphatic rings. The van der Waals surface area contributed by atoms with Crippen LogP contribution in [-0.2, 0) is 5.66 Å². The monoisotopic (exact) mass is 1260 g/mol. The van der Waals surface area contributed by atoms with Crippen LogP contribution in [0.5, 0.6) is 0 Å². The number of thiophene rings is 1. The second-order valence-corrected chi connectivity index (χ2v) is 26.7. The summed E-state index contributed by atoms with van der Waals surface area (Å²) in [6.07, 6.45) is 0. The molecule has 9 aromatic heterocycles. The van der Waals surface area contributed by atoms with Crippen molar-refractivity contribution < 1.29 is 4.42 Å². The lowest BCUT2D eigenvalue weighted by Crippen LogP contribution is -2.48. The Labute approximate surface area is 554 Å². The van der Waals surface area contributed by atoms with Gasteiger partial charge in [-0.05, 0) is 114 Å². The lowest BCUT2D eigenvalue weighted by Gasteiger charge is -2.33. The van der Waals surface area contributed by atoms with Crippen LogP contribution in [0.4, 0.5) is 0 Å². The first-order chi connectivity index (χ1) is 48.0. The van der Waals surface area contributed by atoms with Crippen LogP contribution in [0, 0.1) is 0 Å². The van der Waals surface area contributed by atoms with Gasteiger partial charge in [0.2, 0.25) is 5.95 Å². The predicted octanol–water partition coefficient (Wildman–Crippen LogP) is 19.4. The van der Waals surface area contributed by atoms with Crippen LogP contribution < -0.4 is 15.9 Å². The van der Waals surface area contributed by atoms with Gasteiger partial charge in [0.05, 0.1) is 65.6 Å². The quantitative estimate of drug-likeness (QED) is 0.178. The summed E-state index contributed by atoms with van der Waals surface area (Å²) in [5.74, 6) is 0.567. The van der Waals surface area contributed by atoms with Crippen LogP contribution in [0.2, 0.25) is 0 Å². The first-order valence-corrected chi connectivity index (χ1v) is 33.5. The summed E-state index contributed by atoms with van der Waals surface area (Å²) in [6, 6.07) is 99.1. The van der Waals surface area contributed by atoms with Crippen molar-refractivity contribution in [1.82, 2.24) is 43.2 Å². The Morgan fingerprint density at radius 1 is 0.412 bits per heavy atom. The number of pyridine rings is 2. The molecule has 10 heterocycles. The number of para-hydroxylation sites is 5. The smallest absolute Gasteiger partial charge is 0.235 e. The number of nitrogens with one attached hydrogen (secondary N) is 1. The van der Waals surface area contributed by atoms with Gasteiger partial charge in [0, 0.05) is 69.6 Å². The molecular formula is C85H50N10OS. The molecule has 0 amide bonds. The minimum absolute atomic E-state index is 0.567. The van der Waals surface area contributed by atoms with E-state index in [2.05, 4.69) is 309 Å². The second kappa shape index (κ2) is 19.4. The third-order valence-electron chi connectivity index (χ3n) is 20.3. The van der Waals surface area contributed by atoms with Gasteiger partial charge in [-0.1, -0.05) is 194 Å². The molecule has 0 spiro atoms. The lowest BCUT2D eigenvalue weighted by molar-refractivity contribution is 0.429. The van der Waals surface area contributed by atoms with E-state index < -0.39 is 5.66 Å². The number of hydrogen-bond donors (Lipinski definition) is 1. The van der Waals surface area contributed by atoms with E-state index in [4.69, 9.17) is 29.3 Å². The van der Waals surface area contributed by atoms with Crippen LogP contribution in [0.1, 0.15) is 18.1 Å². The van der Waals surface area contributed by atoms with Crippen molar-refractivity contribution in [1.29, 1.82) is 0 Å². The van der Waals surface area contributed by atoms with Crippen LogP contribution in [0.15, 0.2) is 288 Å². The zero-order valence-corrected chi connectivity index (χ0v) is 52.7. The summed E-state index contributed by atoms with van der Waals surface area (Å²) in [4.78, 5) is 27.8. The van der Waals surface area contributed by atoms with Gasteiger partial charge in [-0.2, -0.15) is 0 Å². The van der Waals surface area contributed by atoms with Crippen molar-refractivity contribution in [2.45, 2.75) is 12.6 Å². The maximum atomic E-state index is 7.22. The third-order valence-corrected chi connectivity index (χ3v) is 21.5. The normalized spacial score (nSPS) is 14.4. The molecule has 12 aromatic carbocycles. The highest BCUT2D eigenvalue weighted by atomic mass is 32.1. The molecule has 97 heavy (non-hydrogen) atoms. The summed E-state index contributed by atoms with van der Waals surface area (Å²) in [5, 5.41) is 15.6. The van der Waals surface area contributed by atoms with Crippen molar-refractivity contribution in [3.05, 3.63) is 301 Å². The van der Waals surface area contributed by atoms with E-state index >= 15 is 0 Å². The summed E-state index contributed by atoms with van der Waals surface area (Å²) in [5.41, 5.74) is 21.6. The number of rotatable bonds is 6. The number of nitrogens with zero attached hydrogens (tertiary/aromatic N) is 9. The number of furan rings is 1. The molecule has 0 saturated carbocycles. The van der Waals surface area contributed by atoms with Crippen LogP contribution in [0.3, 0.4) is 0 Å². The fourth-order valence-corrected chi connectivity index (χ4v) is 17.3. The Morgan fingerprint density at radius 3 is 1.89 bits per heavy atom. The molecule has 21 aromatic rings. The van der Waals surface area contributed by atoms with Crippen molar-refractivity contribution in [3.63, 3.8) is 0 Å². The van der Waals surface area contributed by atoms with E-state index in [0.717, 1.165) is 182 Å². The Kier molecular flexibility index (Phi) is 10.5. The van der Waals surface area contributed by atoms with Gasteiger partial charge in [-0.25, -0.2) is 19.9 Å². The molecule has 0 radical (unpaired) electrons. The summed E-state index contributed by atoms with van der Waals surface area (Å²) in [6.45, 7) is 2.17. The summed E-state index contributed by atoms with van der Waals surface area (Å²) >= 11 is 1.83. The summed E-state index contributed by atoms with van der Waals surface area (Å²) in [7, 11) is 0. The average molecular weight is 1260 g/mol. The van der Waals surface area contributed by atoms with Gasteiger partial charge in [0.15, 0.2) is 16.9 Å². The highest BCUT2D eigenvalue weighted by Gasteiger charge is 2.32. The van der Waals surface area contributed by atoms with Crippen molar-refractivity contribution >= 4 is 158 Å². The number of aromatic nitrogens is 8. The molecular weight excluding hydrogens is 1210 g/mol. The van der Waals surface area contributed by atoms with Crippen LogP contribution in [0.25, 0.3) is 181 Å². The molecule has 1 unspecified atom stereocenters. The minimum atomic E-state index is -0.731. The van der Waals surface area contributed by atoms with Crippen LogP contribution >= 0.6 is 11.3 Å². The Balaban J connectivity index is 0.721. The van der Waals surface area contributed by atoms with Crippen molar-refractivity contribution in [3.8, 4) is 34.0 Å². The van der Waals surface area contributed by atoms with Crippen molar-refractivity contribution in [2.75, 3.05) is 0 Å². The van der Waals surface area contributed by atoms with Crippen molar-refractivity contribution in [2.24, 2.45) is 4.99 Å². The number of fused-ring (bicyclic) bond motifs is 28. The van der Waals surface area contributed by atoms with E-state index in [1.807, 2.05) is 11.3 Å². The average Bonchev–Trinajstić information content (AvgIpc) is 1.54. The fourth-order valence-electron chi connectivity index (χ4n) is 16.0. The molecule has 12 heteroatoms. The maximum Gasteiger partial charge on any atom is 0.235 e. The van der Waals surface area contributed by atoms with Gasteiger partial charge in [-0.15, -0.1) is 11.3 Å². The highest BCUT2D eigenvalue weighted by molar-refractivity contribution is 7.26. The molecule has 11 nitrogen and oxygen atoms in total. The first-order valence-electron chi connectivity index (χ1n) is 32.7. The second-order valence-electron chi connectivity index (χ2n) is 25.7.